The molecule has 4 nitrogen and oxygen atoms in total. The molecular formula is C19H20BrNO3. The van der Waals surface area contributed by atoms with Crippen LogP contribution in [0.25, 0.3) is 6.08 Å². The molecule has 0 fully saturated rings. The first-order valence-electron chi connectivity index (χ1n) is 7.43. The van der Waals surface area contributed by atoms with Crippen LogP contribution in [-0.4, -0.2) is 32.1 Å². The Balaban J connectivity index is 2.07. The van der Waals surface area contributed by atoms with Crippen LogP contribution in [0.3, 0.4) is 0 Å². The van der Waals surface area contributed by atoms with Gasteiger partial charge < -0.3 is 14.4 Å². The van der Waals surface area contributed by atoms with Gasteiger partial charge in [-0.1, -0.05) is 28.1 Å². The second-order valence-electron chi connectivity index (χ2n) is 5.27. The molecule has 24 heavy (non-hydrogen) atoms. The molecule has 126 valence electrons. The van der Waals surface area contributed by atoms with Crippen molar-refractivity contribution in [3.8, 4) is 11.5 Å². The quantitative estimate of drug-likeness (QED) is 0.696. The monoisotopic (exact) mass is 389 g/mol. The summed E-state index contributed by atoms with van der Waals surface area (Å²) in [6.45, 7) is 0.510. The smallest absolute Gasteiger partial charge is 0.246 e. The molecule has 1 amide bonds. The van der Waals surface area contributed by atoms with E-state index in [1.807, 2.05) is 42.5 Å². The summed E-state index contributed by atoms with van der Waals surface area (Å²) in [7, 11) is 5.00. The van der Waals surface area contributed by atoms with E-state index in [4.69, 9.17) is 9.47 Å². The van der Waals surface area contributed by atoms with Crippen molar-refractivity contribution < 1.29 is 14.3 Å². The normalized spacial score (nSPS) is 10.7. The zero-order chi connectivity index (χ0) is 17.5. The third kappa shape index (κ3) is 4.86. The number of hydrogen-bond donors (Lipinski definition) is 0. The van der Waals surface area contributed by atoms with Crippen molar-refractivity contribution in [2.45, 2.75) is 6.54 Å². The molecule has 0 aliphatic carbocycles. The highest BCUT2D eigenvalue weighted by Gasteiger charge is 2.07. The molecule has 0 N–H and O–H groups in total. The van der Waals surface area contributed by atoms with Crippen LogP contribution in [0.1, 0.15) is 11.1 Å². The Kier molecular flexibility index (Phi) is 6.44. The highest BCUT2D eigenvalue weighted by Crippen LogP contribution is 2.24. The van der Waals surface area contributed by atoms with Crippen molar-refractivity contribution in [1.82, 2.24) is 4.90 Å². The fourth-order valence-electron chi connectivity index (χ4n) is 2.25. The largest absolute Gasteiger partial charge is 0.497 e. The standard InChI is InChI=1S/C19H20BrNO3/c1-21(13-14-5-4-6-17(11-14)23-2)19(22)10-7-15-12-16(20)8-9-18(15)24-3/h4-12H,13H2,1-3H3. The number of carbonyl (C=O) groups is 1. The Bertz CT molecular complexity index is 743. The van der Waals surface area contributed by atoms with E-state index in [0.29, 0.717) is 6.54 Å². The minimum atomic E-state index is -0.0835. The minimum absolute atomic E-state index is 0.0835. The van der Waals surface area contributed by atoms with E-state index in [1.165, 1.54) is 0 Å². The van der Waals surface area contributed by atoms with Gasteiger partial charge in [-0.2, -0.15) is 0 Å². The lowest BCUT2D eigenvalue weighted by atomic mass is 10.1. The van der Waals surface area contributed by atoms with Gasteiger partial charge in [-0.3, -0.25) is 4.79 Å². The maximum atomic E-state index is 12.3. The number of amides is 1. The maximum Gasteiger partial charge on any atom is 0.246 e. The van der Waals surface area contributed by atoms with E-state index in [-0.39, 0.29) is 5.91 Å². The molecule has 0 unspecified atom stereocenters. The van der Waals surface area contributed by atoms with Gasteiger partial charge in [0.05, 0.1) is 14.2 Å². The van der Waals surface area contributed by atoms with Gasteiger partial charge in [0.25, 0.3) is 0 Å². The molecule has 0 bridgehead atoms. The average Bonchev–Trinajstić information content (AvgIpc) is 2.59. The van der Waals surface area contributed by atoms with Crippen LogP contribution in [0.15, 0.2) is 53.0 Å². The number of hydrogen-bond acceptors (Lipinski definition) is 3. The number of halogens is 1. The lowest BCUT2D eigenvalue weighted by Gasteiger charge is -2.15. The number of methoxy groups -OCH3 is 2. The van der Waals surface area contributed by atoms with Crippen LogP contribution in [0, 0.1) is 0 Å². The van der Waals surface area contributed by atoms with E-state index < -0.39 is 0 Å². The number of carbonyl (C=O) groups excluding carboxylic acids is 1. The van der Waals surface area contributed by atoms with Crippen molar-refractivity contribution in [3.05, 3.63) is 64.1 Å². The predicted octanol–water partition coefficient (Wildman–Crippen LogP) is 4.14. The summed E-state index contributed by atoms with van der Waals surface area (Å²) in [5, 5.41) is 0. The summed E-state index contributed by atoms with van der Waals surface area (Å²) in [4.78, 5) is 14.0. The maximum absolute atomic E-state index is 12.3. The van der Waals surface area contributed by atoms with Crippen LogP contribution in [0.5, 0.6) is 11.5 Å². The first-order valence-corrected chi connectivity index (χ1v) is 8.22. The van der Waals surface area contributed by atoms with E-state index in [0.717, 1.165) is 27.1 Å². The number of ether oxygens (including phenoxy) is 2. The van der Waals surface area contributed by atoms with Gasteiger partial charge in [-0.15, -0.1) is 0 Å². The van der Waals surface area contributed by atoms with Crippen molar-refractivity contribution in [2.24, 2.45) is 0 Å². The summed E-state index contributed by atoms with van der Waals surface area (Å²) in [5.74, 6) is 1.42. The predicted molar refractivity (Wildman–Crippen MR) is 99.2 cm³/mol. The fraction of sp³-hybridized carbons (Fsp3) is 0.211. The number of rotatable bonds is 6. The lowest BCUT2D eigenvalue weighted by Crippen LogP contribution is -2.24. The van der Waals surface area contributed by atoms with Crippen molar-refractivity contribution in [3.63, 3.8) is 0 Å². The summed E-state index contributed by atoms with van der Waals surface area (Å²) < 4.78 is 11.4. The number of nitrogens with zero attached hydrogens (tertiary/aromatic N) is 1. The molecule has 0 heterocycles. The van der Waals surface area contributed by atoms with E-state index in [9.17, 15) is 4.79 Å². The molecule has 0 saturated carbocycles. The molecule has 0 spiro atoms. The Morgan fingerprint density at radius 3 is 2.67 bits per heavy atom. The molecule has 5 heteroatoms. The molecule has 0 radical (unpaired) electrons. The van der Waals surface area contributed by atoms with Gasteiger partial charge in [0, 0.05) is 29.7 Å². The van der Waals surface area contributed by atoms with Crippen LogP contribution in [0.4, 0.5) is 0 Å². The van der Waals surface area contributed by atoms with Crippen molar-refractivity contribution in [1.29, 1.82) is 0 Å². The molecular weight excluding hydrogens is 370 g/mol. The molecule has 2 aromatic rings. The van der Waals surface area contributed by atoms with Gasteiger partial charge in [-0.25, -0.2) is 0 Å². The Morgan fingerprint density at radius 2 is 1.96 bits per heavy atom. The average molecular weight is 390 g/mol. The molecule has 0 aliphatic heterocycles. The Labute approximate surface area is 150 Å². The third-order valence-electron chi connectivity index (χ3n) is 3.53. The zero-order valence-corrected chi connectivity index (χ0v) is 15.5. The minimum Gasteiger partial charge on any atom is -0.497 e. The first kappa shape index (κ1) is 18.1. The molecule has 0 aromatic heterocycles. The second-order valence-corrected chi connectivity index (χ2v) is 6.18. The second kappa shape index (κ2) is 8.55. The van der Waals surface area contributed by atoms with E-state index >= 15 is 0 Å². The third-order valence-corrected chi connectivity index (χ3v) is 4.02. The zero-order valence-electron chi connectivity index (χ0n) is 14.0. The highest BCUT2D eigenvalue weighted by atomic mass is 79.9. The van der Waals surface area contributed by atoms with Crippen LogP contribution >= 0.6 is 15.9 Å². The summed E-state index contributed by atoms with van der Waals surface area (Å²) >= 11 is 3.42. The van der Waals surface area contributed by atoms with Crippen LogP contribution < -0.4 is 9.47 Å². The molecule has 0 aliphatic rings. The van der Waals surface area contributed by atoms with E-state index in [2.05, 4.69) is 15.9 Å². The molecule has 2 rings (SSSR count). The SMILES string of the molecule is COc1cccc(CN(C)C(=O)C=Cc2cc(Br)ccc2OC)c1. The van der Waals surface area contributed by atoms with Gasteiger partial charge in [0.1, 0.15) is 11.5 Å². The molecule has 2 aromatic carbocycles. The van der Waals surface area contributed by atoms with E-state index in [1.54, 1.807) is 38.3 Å². The lowest BCUT2D eigenvalue weighted by molar-refractivity contribution is -0.125. The van der Waals surface area contributed by atoms with Crippen molar-refractivity contribution >= 4 is 27.9 Å². The summed E-state index contributed by atoms with van der Waals surface area (Å²) in [6, 6.07) is 13.3. The summed E-state index contributed by atoms with van der Waals surface area (Å²) in [6.07, 6.45) is 3.30. The number of benzene rings is 2. The number of likely N-dealkylation sites (N-methyl/N-ethyl adjacent to an activating group) is 1. The Hall–Kier alpha value is -2.27. The molecule has 0 atom stereocenters. The van der Waals surface area contributed by atoms with Crippen molar-refractivity contribution in [2.75, 3.05) is 21.3 Å². The van der Waals surface area contributed by atoms with Gasteiger partial charge >= 0.3 is 0 Å². The summed E-state index contributed by atoms with van der Waals surface area (Å²) in [5.41, 5.74) is 1.86. The molecule has 0 saturated heterocycles. The van der Waals surface area contributed by atoms with Crippen LogP contribution in [0.2, 0.25) is 0 Å². The van der Waals surface area contributed by atoms with Gasteiger partial charge in [0.15, 0.2) is 0 Å². The first-order chi connectivity index (χ1) is 11.5. The van der Waals surface area contributed by atoms with Gasteiger partial charge in [0.2, 0.25) is 5.91 Å². The van der Waals surface area contributed by atoms with Crippen LogP contribution in [-0.2, 0) is 11.3 Å². The Morgan fingerprint density at radius 1 is 1.17 bits per heavy atom. The topological polar surface area (TPSA) is 38.8 Å². The highest BCUT2D eigenvalue weighted by molar-refractivity contribution is 9.10. The van der Waals surface area contributed by atoms with Gasteiger partial charge in [-0.05, 0) is 42.0 Å². The fourth-order valence-corrected chi connectivity index (χ4v) is 2.63.